The van der Waals surface area contributed by atoms with Crippen LogP contribution in [0.3, 0.4) is 0 Å². The summed E-state index contributed by atoms with van der Waals surface area (Å²) in [7, 11) is 0. The molecule has 6 nitrogen and oxygen atoms in total. The fraction of sp³-hybridized carbons (Fsp3) is 0.818. The number of urea groups is 1. The van der Waals surface area contributed by atoms with Gasteiger partial charge < -0.3 is 10.4 Å². The first-order valence-corrected chi connectivity index (χ1v) is 5.95. The summed E-state index contributed by atoms with van der Waals surface area (Å²) in [5.41, 5.74) is 2.03. The molecule has 98 valence electrons. The highest BCUT2D eigenvalue weighted by Crippen LogP contribution is 2.27. The van der Waals surface area contributed by atoms with Crippen LogP contribution in [0.5, 0.6) is 0 Å². The second kappa shape index (κ2) is 7.11. The van der Waals surface area contributed by atoms with E-state index in [4.69, 9.17) is 5.11 Å². The van der Waals surface area contributed by atoms with E-state index in [0.717, 1.165) is 18.8 Å². The predicted molar refractivity (Wildman–Crippen MR) is 61.2 cm³/mol. The molecule has 1 aliphatic carbocycles. The molecule has 0 unspecified atom stereocenters. The molecule has 6 heteroatoms. The van der Waals surface area contributed by atoms with E-state index in [1.807, 2.05) is 5.48 Å². The van der Waals surface area contributed by atoms with Gasteiger partial charge in [-0.15, -0.1) is 0 Å². The monoisotopic (exact) mass is 244 g/mol. The number of carboxylic acids is 1. The highest BCUT2D eigenvalue weighted by molar-refractivity contribution is 5.73. The summed E-state index contributed by atoms with van der Waals surface area (Å²) in [6.45, 7) is 2.33. The summed E-state index contributed by atoms with van der Waals surface area (Å²) in [6.07, 6.45) is 4.70. The van der Waals surface area contributed by atoms with Crippen molar-refractivity contribution < 1.29 is 19.5 Å². The van der Waals surface area contributed by atoms with Crippen molar-refractivity contribution in [2.45, 2.75) is 32.6 Å². The standard InChI is InChI=1S/C11H20N2O4/c1-8-2-4-9(5-3-8)6-12-11(16)13-17-7-10(14)15/h8-9H,2-7H2,1H3,(H,14,15)(H2,12,13,16). The Morgan fingerprint density at radius 2 is 1.94 bits per heavy atom. The van der Waals surface area contributed by atoms with Gasteiger partial charge in [0.1, 0.15) is 0 Å². The van der Waals surface area contributed by atoms with Crippen molar-refractivity contribution in [3.05, 3.63) is 0 Å². The van der Waals surface area contributed by atoms with E-state index >= 15 is 0 Å². The number of carboxylic acid groups (broad SMARTS) is 1. The summed E-state index contributed by atoms with van der Waals surface area (Å²) in [4.78, 5) is 25.8. The highest BCUT2D eigenvalue weighted by atomic mass is 16.7. The van der Waals surface area contributed by atoms with Gasteiger partial charge in [-0.25, -0.2) is 15.1 Å². The van der Waals surface area contributed by atoms with Crippen LogP contribution in [0.1, 0.15) is 32.6 Å². The lowest BCUT2D eigenvalue weighted by Gasteiger charge is -2.26. The van der Waals surface area contributed by atoms with Gasteiger partial charge in [0.2, 0.25) is 0 Å². The normalized spacial score (nSPS) is 24.1. The molecule has 0 radical (unpaired) electrons. The topological polar surface area (TPSA) is 87.7 Å². The van der Waals surface area contributed by atoms with Crippen LogP contribution < -0.4 is 10.8 Å². The van der Waals surface area contributed by atoms with Gasteiger partial charge in [0, 0.05) is 6.54 Å². The molecular formula is C11H20N2O4. The van der Waals surface area contributed by atoms with Gasteiger partial charge in [-0.3, -0.25) is 4.84 Å². The van der Waals surface area contributed by atoms with Crippen LogP contribution in [0.2, 0.25) is 0 Å². The summed E-state index contributed by atoms with van der Waals surface area (Å²) in [5, 5.41) is 11.0. The number of hydrogen-bond donors (Lipinski definition) is 3. The van der Waals surface area contributed by atoms with E-state index in [-0.39, 0.29) is 0 Å². The number of carbonyl (C=O) groups excluding carboxylic acids is 1. The zero-order chi connectivity index (χ0) is 12.7. The zero-order valence-corrected chi connectivity index (χ0v) is 10.1. The fourth-order valence-corrected chi connectivity index (χ4v) is 1.97. The number of hydroxylamine groups is 1. The SMILES string of the molecule is CC1CCC(CNC(=O)NOCC(=O)O)CC1. The molecule has 0 bridgehead atoms. The third kappa shape index (κ3) is 6.11. The Kier molecular flexibility index (Phi) is 5.76. The van der Waals surface area contributed by atoms with E-state index in [1.54, 1.807) is 0 Å². The molecule has 0 aromatic heterocycles. The van der Waals surface area contributed by atoms with Crippen LogP contribution in [0, 0.1) is 11.8 Å². The first-order valence-electron chi connectivity index (χ1n) is 5.95. The van der Waals surface area contributed by atoms with Crippen molar-refractivity contribution in [3.8, 4) is 0 Å². The molecule has 0 heterocycles. The smallest absolute Gasteiger partial charge is 0.338 e. The van der Waals surface area contributed by atoms with Crippen LogP contribution >= 0.6 is 0 Å². The maximum Gasteiger partial charge on any atom is 0.338 e. The second-order valence-corrected chi connectivity index (χ2v) is 4.62. The Balaban J connectivity index is 2.05. The molecular weight excluding hydrogens is 224 g/mol. The van der Waals surface area contributed by atoms with Gasteiger partial charge in [-0.1, -0.05) is 19.8 Å². The number of rotatable bonds is 5. The maximum absolute atomic E-state index is 11.2. The lowest BCUT2D eigenvalue weighted by molar-refractivity contribution is -0.144. The molecule has 3 N–H and O–H groups in total. The average molecular weight is 244 g/mol. The van der Waals surface area contributed by atoms with E-state index in [0.29, 0.717) is 12.5 Å². The quantitative estimate of drug-likeness (QED) is 0.632. The summed E-state index contributed by atoms with van der Waals surface area (Å²) in [6, 6.07) is -0.482. The van der Waals surface area contributed by atoms with Crippen molar-refractivity contribution >= 4 is 12.0 Å². The maximum atomic E-state index is 11.2. The number of nitrogens with one attached hydrogen (secondary N) is 2. The summed E-state index contributed by atoms with van der Waals surface area (Å²) >= 11 is 0. The fourth-order valence-electron chi connectivity index (χ4n) is 1.97. The van der Waals surface area contributed by atoms with Gasteiger partial charge in [0.05, 0.1) is 0 Å². The Morgan fingerprint density at radius 3 is 2.53 bits per heavy atom. The van der Waals surface area contributed by atoms with Crippen molar-refractivity contribution in [2.24, 2.45) is 11.8 Å². The van der Waals surface area contributed by atoms with Gasteiger partial charge in [0.25, 0.3) is 0 Å². The van der Waals surface area contributed by atoms with Crippen molar-refractivity contribution in [1.29, 1.82) is 0 Å². The number of hydrogen-bond acceptors (Lipinski definition) is 3. The van der Waals surface area contributed by atoms with Crippen molar-refractivity contribution in [2.75, 3.05) is 13.2 Å². The average Bonchev–Trinajstić information content (AvgIpc) is 2.28. The third-order valence-electron chi connectivity index (χ3n) is 3.05. The Morgan fingerprint density at radius 1 is 1.29 bits per heavy atom. The number of amides is 2. The minimum Gasteiger partial charge on any atom is -0.479 e. The molecule has 1 rings (SSSR count). The van der Waals surface area contributed by atoms with E-state index in [1.165, 1.54) is 12.8 Å². The lowest BCUT2D eigenvalue weighted by Crippen LogP contribution is -2.39. The molecule has 1 aliphatic rings. The van der Waals surface area contributed by atoms with Crippen molar-refractivity contribution in [3.63, 3.8) is 0 Å². The van der Waals surface area contributed by atoms with E-state index in [2.05, 4.69) is 17.1 Å². The molecule has 17 heavy (non-hydrogen) atoms. The Bertz CT molecular complexity index is 262. The van der Waals surface area contributed by atoms with E-state index in [9.17, 15) is 9.59 Å². The van der Waals surface area contributed by atoms with Gasteiger partial charge >= 0.3 is 12.0 Å². The first-order chi connectivity index (χ1) is 8.08. The number of aliphatic carboxylic acids is 1. The summed E-state index contributed by atoms with van der Waals surface area (Å²) < 4.78 is 0. The van der Waals surface area contributed by atoms with Gasteiger partial charge in [0.15, 0.2) is 6.61 Å². The van der Waals surface area contributed by atoms with E-state index < -0.39 is 18.6 Å². The highest BCUT2D eigenvalue weighted by Gasteiger charge is 2.18. The van der Waals surface area contributed by atoms with Crippen LogP contribution in [0.25, 0.3) is 0 Å². The van der Waals surface area contributed by atoms with Gasteiger partial charge in [-0.2, -0.15) is 0 Å². The number of carbonyl (C=O) groups is 2. The second-order valence-electron chi connectivity index (χ2n) is 4.62. The third-order valence-corrected chi connectivity index (χ3v) is 3.05. The molecule has 0 atom stereocenters. The molecule has 1 fully saturated rings. The molecule has 1 saturated carbocycles. The van der Waals surface area contributed by atoms with Crippen LogP contribution in [0.15, 0.2) is 0 Å². The van der Waals surface area contributed by atoms with Crippen molar-refractivity contribution in [1.82, 2.24) is 10.8 Å². The molecule has 0 aromatic carbocycles. The minimum atomic E-state index is -1.12. The first kappa shape index (κ1) is 13.8. The zero-order valence-electron chi connectivity index (χ0n) is 10.1. The molecule has 0 aliphatic heterocycles. The van der Waals surface area contributed by atoms with Crippen LogP contribution in [-0.4, -0.2) is 30.3 Å². The van der Waals surface area contributed by atoms with Crippen LogP contribution in [0.4, 0.5) is 4.79 Å². The molecule has 0 aromatic rings. The predicted octanol–water partition coefficient (Wildman–Crippen LogP) is 1.13. The Labute approximate surface area is 101 Å². The lowest BCUT2D eigenvalue weighted by atomic mass is 9.83. The minimum absolute atomic E-state index is 0.482. The Hall–Kier alpha value is -1.30. The van der Waals surface area contributed by atoms with Gasteiger partial charge in [-0.05, 0) is 24.7 Å². The van der Waals surface area contributed by atoms with Crippen LogP contribution in [-0.2, 0) is 9.63 Å². The molecule has 2 amide bonds. The largest absolute Gasteiger partial charge is 0.479 e. The molecule has 0 saturated heterocycles. The summed E-state index contributed by atoms with van der Waals surface area (Å²) in [5.74, 6) is 0.196. The molecule has 0 spiro atoms.